The lowest BCUT2D eigenvalue weighted by atomic mass is 10.0. The molecule has 2 aromatic rings. The third kappa shape index (κ3) is 4.62. The minimum Gasteiger partial charge on any atom is -0.337 e. The highest BCUT2D eigenvalue weighted by Crippen LogP contribution is 2.21. The summed E-state index contributed by atoms with van der Waals surface area (Å²) >= 11 is 6.20. The average molecular weight is 357 g/mol. The number of carbonyl (C=O) groups excluding carboxylic acids is 1. The van der Waals surface area contributed by atoms with Crippen LogP contribution in [0.1, 0.15) is 28.8 Å². The number of hydrogen-bond donors (Lipinski definition) is 0. The molecule has 1 heterocycles. The lowest BCUT2D eigenvalue weighted by Crippen LogP contribution is -2.49. The van der Waals surface area contributed by atoms with Gasteiger partial charge in [0.15, 0.2) is 0 Å². The van der Waals surface area contributed by atoms with Gasteiger partial charge in [0.05, 0.1) is 10.6 Å². The van der Waals surface area contributed by atoms with Crippen molar-refractivity contribution in [3.05, 3.63) is 70.7 Å². The van der Waals surface area contributed by atoms with Crippen LogP contribution in [0.25, 0.3) is 0 Å². The summed E-state index contributed by atoms with van der Waals surface area (Å²) in [4.78, 5) is 17.1. The second-order valence-electron chi connectivity index (χ2n) is 6.74. The molecule has 0 N–H and O–H groups in total. The molecule has 1 unspecified atom stereocenters. The third-order valence-electron chi connectivity index (χ3n) is 5.01. The minimum atomic E-state index is 0.0479. The Kier molecular flexibility index (Phi) is 6.11. The Labute approximate surface area is 155 Å². The highest BCUT2D eigenvalue weighted by atomic mass is 35.5. The Morgan fingerprint density at radius 2 is 1.88 bits per heavy atom. The van der Waals surface area contributed by atoms with Crippen molar-refractivity contribution in [2.45, 2.75) is 25.3 Å². The Morgan fingerprint density at radius 1 is 1.16 bits per heavy atom. The molecule has 0 radical (unpaired) electrons. The van der Waals surface area contributed by atoms with Gasteiger partial charge in [-0.3, -0.25) is 4.79 Å². The van der Waals surface area contributed by atoms with Crippen LogP contribution in [0.2, 0.25) is 5.02 Å². The Hall–Kier alpha value is -1.84. The first-order valence-corrected chi connectivity index (χ1v) is 9.31. The summed E-state index contributed by atoms with van der Waals surface area (Å²) in [6.07, 6.45) is 3.21. The van der Waals surface area contributed by atoms with Crippen molar-refractivity contribution in [1.82, 2.24) is 9.80 Å². The maximum atomic E-state index is 12.8. The highest BCUT2D eigenvalue weighted by Gasteiger charge is 2.27. The molecule has 1 aliphatic heterocycles. The second-order valence-corrected chi connectivity index (χ2v) is 7.15. The number of halogens is 1. The smallest absolute Gasteiger partial charge is 0.255 e. The van der Waals surface area contributed by atoms with Crippen LogP contribution >= 0.6 is 11.6 Å². The summed E-state index contributed by atoms with van der Waals surface area (Å²) in [7, 11) is 2.16. The fourth-order valence-electron chi connectivity index (χ4n) is 3.44. The number of likely N-dealkylation sites (N-methyl/N-ethyl adjacent to an activating group) is 1. The standard InChI is InChI=1S/C21H25ClN2O/c1-23(15-13-17-8-3-2-4-9-17)18-10-7-14-24(16-18)21(25)19-11-5-6-12-20(19)22/h2-6,8-9,11-12,18H,7,10,13-16H2,1H3. The maximum Gasteiger partial charge on any atom is 0.255 e. The molecule has 1 fully saturated rings. The number of nitrogens with zero attached hydrogens (tertiary/aromatic N) is 2. The molecule has 132 valence electrons. The van der Waals surface area contributed by atoms with Crippen LogP contribution in [-0.4, -0.2) is 48.4 Å². The van der Waals surface area contributed by atoms with E-state index in [9.17, 15) is 4.79 Å². The van der Waals surface area contributed by atoms with Crippen LogP contribution < -0.4 is 0 Å². The fraction of sp³-hybridized carbons (Fsp3) is 0.381. The van der Waals surface area contributed by atoms with E-state index >= 15 is 0 Å². The zero-order valence-corrected chi connectivity index (χ0v) is 15.5. The van der Waals surface area contributed by atoms with Crippen molar-refractivity contribution in [3.63, 3.8) is 0 Å². The van der Waals surface area contributed by atoms with Crippen molar-refractivity contribution in [2.24, 2.45) is 0 Å². The molecule has 25 heavy (non-hydrogen) atoms. The topological polar surface area (TPSA) is 23.6 Å². The molecule has 0 aliphatic carbocycles. The number of rotatable bonds is 5. The zero-order valence-electron chi connectivity index (χ0n) is 14.7. The van der Waals surface area contributed by atoms with Gasteiger partial charge in [-0.05, 0) is 44.0 Å². The van der Waals surface area contributed by atoms with E-state index in [2.05, 4.69) is 36.2 Å². The fourth-order valence-corrected chi connectivity index (χ4v) is 3.65. The Morgan fingerprint density at radius 3 is 2.64 bits per heavy atom. The van der Waals surface area contributed by atoms with Gasteiger partial charge in [-0.25, -0.2) is 0 Å². The van der Waals surface area contributed by atoms with Gasteiger partial charge in [0.25, 0.3) is 5.91 Å². The molecular formula is C21H25ClN2O. The van der Waals surface area contributed by atoms with Crippen LogP contribution in [0.3, 0.4) is 0 Å². The predicted octanol–water partition coefficient (Wildman–Crippen LogP) is 4.12. The van der Waals surface area contributed by atoms with E-state index in [4.69, 9.17) is 11.6 Å². The molecule has 0 saturated carbocycles. The molecule has 0 spiro atoms. The predicted molar refractivity (Wildman–Crippen MR) is 103 cm³/mol. The summed E-state index contributed by atoms with van der Waals surface area (Å²) in [5.74, 6) is 0.0479. The van der Waals surface area contributed by atoms with Gasteiger partial charge in [-0.2, -0.15) is 0 Å². The van der Waals surface area contributed by atoms with E-state index in [0.29, 0.717) is 16.6 Å². The lowest BCUT2D eigenvalue weighted by Gasteiger charge is -2.38. The SMILES string of the molecule is CN(CCc1ccccc1)C1CCCN(C(=O)c2ccccc2Cl)C1. The number of amides is 1. The first kappa shape index (κ1) is 18.0. The monoisotopic (exact) mass is 356 g/mol. The minimum absolute atomic E-state index is 0.0479. The van der Waals surface area contributed by atoms with Crippen molar-refractivity contribution >= 4 is 17.5 Å². The van der Waals surface area contributed by atoms with Crippen molar-refractivity contribution in [2.75, 3.05) is 26.7 Å². The van der Waals surface area contributed by atoms with Crippen molar-refractivity contribution in [3.8, 4) is 0 Å². The molecule has 1 amide bonds. The largest absolute Gasteiger partial charge is 0.337 e. The van der Waals surface area contributed by atoms with Crippen LogP contribution in [0.5, 0.6) is 0 Å². The van der Waals surface area contributed by atoms with Crippen molar-refractivity contribution < 1.29 is 4.79 Å². The van der Waals surface area contributed by atoms with E-state index in [1.54, 1.807) is 6.07 Å². The summed E-state index contributed by atoms with van der Waals surface area (Å²) in [6, 6.07) is 18.3. The molecule has 1 atom stereocenters. The van der Waals surface area contributed by atoms with Crippen LogP contribution in [0.15, 0.2) is 54.6 Å². The van der Waals surface area contributed by atoms with Gasteiger partial charge in [-0.1, -0.05) is 54.1 Å². The summed E-state index contributed by atoms with van der Waals surface area (Å²) in [5, 5.41) is 0.534. The number of carbonyl (C=O) groups is 1. The molecular weight excluding hydrogens is 332 g/mol. The molecule has 2 aromatic carbocycles. The van der Waals surface area contributed by atoms with Crippen LogP contribution in [-0.2, 0) is 6.42 Å². The normalized spacial score (nSPS) is 17.7. The Balaban J connectivity index is 1.59. The highest BCUT2D eigenvalue weighted by molar-refractivity contribution is 6.33. The molecule has 1 aliphatic rings. The lowest BCUT2D eigenvalue weighted by molar-refractivity contribution is 0.0612. The second kappa shape index (κ2) is 8.50. The molecule has 1 saturated heterocycles. The summed E-state index contributed by atoms with van der Waals surface area (Å²) < 4.78 is 0. The molecule has 3 rings (SSSR count). The molecule has 0 aromatic heterocycles. The molecule has 0 bridgehead atoms. The van der Waals surface area contributed by atoms with E-state index < -0.39 is 0 Å². The maximum absolute atomic E-state index is 12.8. The Bertz CT molecular complexity index is 704. The number of hydrogen-bond acceptors (Lipinski definition) is 2. The van der Waals surface area contributed by atoms with Gasteiger partial charge in [0, 0.05) is 25.7 Å². The number of benzene rings is 2. The van der Waals surface area contributed by atoms with E-state index in [-0.39, 0.29) is 5.91 Å². The van der Waals surface area contributed by atoms with Gasteiger partial charge in [0.2, 0.25) is 0 Å². The van der Waals surface area contributed by atoms with E-state index in [1.807, 2.05) is 29.2 Å². The van der Waals surface area contributed by atoms with E-state index in [1.165, 1.54) is 5.56 Å². The van der Waals surface area contributed by atoms with Crippen LogP contribution in [0, 0.1) is 0 Å². The third-order valence-corrected chi connectivity index (χ3v) is 5.34. The molecule has 3 nitrogen and oxygen atoms in total. The van der Waals surface area contributed by atoms with E-state index in [0.717, 1.165) is 38.9 Å². The number of piperidine rings is 1. The molecule has 4 heteroatoms. The summed E-state index contributed by atoms with van der Waals surface area (Å²) in [6.45, 7) is 2.59. The number of likely N-dealkylation sites (tertiary alicyclic amines) is 1. The van der Waals surface area contributed by atoms with Crippen LogP contribution in [0.4, 0.5) is 0 Å². The zero-order chi connectivity index (χ0) is 17.6. The van der Waals surface area contributed by atoms with Gasteiger partial charge < -0.3 is 9.80 Å². The van der Waals surface area contributed by atoms with Gasteiger partial charge in [-0.15, -0.1) is 0 Å². The average Bonchev–Trinajstić information content (AvgIpc) is 2.67. The first-order chi connectivity index (χ1) is 12.1. The summed E-state index contributed by atoms with van der Waals surface area (Å²) in [5.41, 5.74) is 1.96. The van der Waals surface area contributed by atoms with Gasteiger partial charge in [0.1, 0.15) is 0 Å². The van der Waals surface area contributed by atoms with Crippen molar-refractivity contribution in [1.29, 1.82) is 0 Å². The van der Waals surface area contributed by atoms with Gasteiger partial charge >= 0.3 is 0 Å². The first-order valence-electron chi connectivity index (χ1n) is 8.93. The quantitative estimate of drug-likeness (QED) is 0.804.